The lowest BCUT2D eigenvalue weighted by atomic mass is 9.84. The molecule has 37 heavy (non-hydrogen) atoms. The van der Waals surface area contributed by atoms with E-state index in [1.807, 2.05) is 45.0 Å². The molecule has 0 bridgehead atoms. The monoisotopic (exact) mass is 505 g/mol. The minimum Gasteiger partial charge on any atom is -0.497 e. The van der Waals surface area contributed by atoms with Crippen LogP contribution in [0.5, 0.6) is 5.75 Å². The third-order valence-corrected chi connectivity index (χ3v) is 6.68. The maximum absolute atomic E-state index is 12.4. The zero-order chi connectivity index (χ0) is 26.5. The van der Waals surface area contributed by atoms with Gasteiger partial charge in [-0.2, -0.15) is 0 Å². The van der Waals surface area contributed by atoms with Crippen LogP contribution in [0.3, 0.4) is 0 Å². The lowest BCUT2D eigenvalue weighted by Gasteiger charge is -2.47. The first-order valence-corrected chi connectivity index (χ1v) is 12.2. The number of nitrogens with zero attached hydrogens (tertiary/aromatic N) is 3. The lowest BCUT2D eigenvalue weighted by Crippen LogP contribution is -2.70. The maximum Gasteiger partial charge on any atom is 0.410 e. The first kappa shape index (κ1) is 24.8. The molecule has 0 atom stereocenters. The van der Waals surface area contributed by atoms with Gasteiger partial charge >= 0.3 is 12.1 Å². The number of H-pyrrole nitrogens is 1. The Morgan fingerprint density at radius 2 is 1.89 bits per heavy atom. The second-order valence-electron chi connectivity index (χ2n) is 10.8. The number of carboxylic acids is 1. The number of fused-ring (bicyclic) bond motifs is 3. The van der Waals surface area contributed by atoms with Gasteiger partial charge in [-0.15, -0.1) is 0 Å². The van der Waals surface area contributed by atoms with Crippen LogP contribution in [0.2, 0.25) is 0 Å². The second kappa shape index (κ2) is 8.88. The molecular weight excluding hydrogens is 474 g/mol. The predicted molar refractivity (Wildman–Crippen MR) is 137 cm³/mol. The predicted octanol–water partition coefficient (Wildman–Crippen LogP) is 3.43. The fraction of sp³-hybridized carbons (Fsp3) is 0.407. The summed E-state index contributed by atoms with van der Waals surface area (Å²) >= 11 is 0. The van der Waals surface area contributed by atoms with Crippen molar-refractivity contribution in [3.63, 3.8) is 0 Å². The number of rotatable bonds is 5. The quantitative estimate of drug-likeness (QED) is 0.478. The smallest absolute Gasteiger partial charge is 0.410 e. The summed E-state index contributed by atoms with van der Waals surface area (Å²) in [6.45, 7) is 6.00. The van der Waals surface area contributed by atoms with Crippen molar-refractivity contribution in [3.8, 4) is 28.5 Å². The molecule has 10 heteroatoms. The summed E-state index contributed by atoms with van der Waals surface area (Å²) < 4.78 is 10.7. The summed E-state index contributed by atoms with van der Waals surface area (Å²) in [5.74, 6) is 0.276. The van der Waals surface area contributed by atoms with Gasteiger partial charge in [-0.3, -0.25) is 0 Å². The number of nitrogens with two attached hydrogens (primary N) is 1. The van der Waals surface area contributed by atoms with Gasteiger partial charge in [0, 0.05) is 37.0 Å². The number of hydrogen-bond acceptors (Lipinski definition) is 7. The summed E-state index contributed by atoms with van der Waals surface area (Å²) in [6, 6.07) is 7.47. The molecule has 1 saturated heterocycles. The van der Waals surface area contributed by atoms with Gasteiger partial charge in [0.25, 0.3) is 0 Å². The number of nitrogens with one attached hydrogen (secondary N) is 1. The van der Waals surface area contributed by atoms with Crippen LogP contribution in [0.4, 0.5) is 4.79 Å². The Morgan fingerprint density at radius 3 is 2.51 bits per heavy atom. The van der Waals surface area contributed by atoms with Crippen LogP contribution in [0.15, 0.2) is 30.5 Å². The van der Waals surface area contributed by atoms with Crippen LogP contribution in [-0.2, 0) is 24.0 Å². The topological polar surface area (TPSA) is 144 Å². The van der Waals surface area contributed by atoms with Gasteiger partial charge in [0.05, 0.1) is 29.6 Å². The number of aromatic nitrogens is 3. The third kappa shape index (κ3) is 4.76. The van der Waals surface area contributed by atoms with E-state index < -0.39 is 23.2 Å². The molecule has 0 saturated carbocycles. The third-order valence-electron chi connectivity index (χ3n) is 6.68. The standard InChI is InChI=1S/C27H31N5O5/c1-26(2,3)37-25(35)32-13-27(28,14-32)11-19-20(24(33)34)18-10-7-16-12-29-23(31-21(16)22(18)30-19)15-5-8-17(36-4)9-6-15/h5-6,8-9,12,30H,7,10-11,13-14,28H2,1-4H3,(H,33,34). The number of carbonyl (C=O) groups excluding carboxylic acids is 1. The van der Waals surface area contributed by atoms with Gasteiger partial charge in [0.1, 0.15) is 11.4 Å². The van der Waals surface area contributed by atoms with Crippen molar-refractivity contribution in [1.29, 1.82) is 0 Å². The van der Waals surface area contributed by atoms with E-state index in [1.165, 1.54) is 4.90 Å². The van der Waals surface area contributed by atoms with E-state index >= 15 is 0 Å². The summed E-state index contributed by atoms with van der Waals surface area (Å²) in [6.07, 6.45) is 2.87. The molecule has 0 spiro atoms. The van der Waals surface area contributed by atoms with Crippen molar-refractivity contribution in [2.75, 3.05) is 20.2 Å². The number of benzene rings is 1. The van der Waals surface area contributed by atoms with Crippen molar-refractivity contribution in [2.45, 2.75) is 51.2 Å². The molecule has 3 aromatic rings. The zero-order valence-electron chi connectivity index (χ0n) is 21.4. The van der Waals surface area contributed by atoms with Crippen LogP contribution < -0.4 is 10.5 Å². The van der Waals surface area contributed by atoms with Crippen molar-refractivity contribution in [1.82, 2.24) is 19.9 Å². The number of hydrogen-bond donors (Lipinski definition) is 3. The minimum atomic E-state index is -1.01. The average molecular weight is 506 g/mol. The van der Waals surface area contributed by atoms with E-state index in [4.69, 9.17) is 20.2 Å². The average Bonchev–Trinajstić information content (AvgIpc) is 3.19. The summed E-state index contributed by atoms with van der Waals surface area (Å²) in [4.78, 5) is 38.9. The van der Waals surface area contributed by atoms with Crippen LogP contribution in [0.1, 0.15) is 48.0 Å². The Bertz CT molecular complexity index is 1370. The fourth-order valence-corrected chi connectivity index (χ4v) is 5.02. The molecule has 1 aliphatic heterocycles. The number of aryl methyl sites for hydroxylation is 1. The number of carbonyl (C=O) groups is 2. The minimum absolute atomic E-state index is 0.241. The molecule has 2 aromatic heterocycles. The Kier molecular flexibility index (Phi) is 5.94. The SMILES string of the molecule is COc1ccc(-c2ncc3c(n2)-c2[nH]c(CC4(N)CN(C(=O)OC(C)(C)C)C4)c(C(=O)O)c2CC3)cc1. The summed E-state index contributed by atoms with van der Waals surface area (Å²) in [7, 11) is 1.61. The molecule has 1 fully saturated rings. The highest BCUT2D eigenvalue weighted by atomic mass is 16.6. The normalized spacial score (nSPS) is 15.9. The molecule has 2 aliphatic rings. The first-order chi connectivity index (χ1) is 17.5. The molecule has 4 N–H and O–H groups in total. The van der Waals surface area contributed by atoms with E-state index in [-0.39, 0.29) is 25.1 Å². The van der Waals surface area contributed by atoms with E-state index in [0.29, 0.717) is 35.7 Å². The van der Waals surface area contributed by atoms with Crippen LogP contribution in [0, 0.1) is 0 Å². The Morgan fingerprint density at radius 1 is 1.19 bits per heavy atom. The number of carboxylic acid groups (broad SMARTS) is 1. The number of ether oxygens (including phenoxy) is 2. The molecule has 1 amide bonds. The first-order valence-electron chi connectivity index (χ1n) is 12.2. The maximum atomic E-state index is 12.4. The number of aromatic carboxylic acids is 1. The van der Waals surface area contributed by atoms with Gasteiger partial charge in [0.2, 0.25) is 0 Å². The molecule has 10 nitrogen and oxygen atoms in total. The van der Waals surface area contributed by atoms with E-state index in [0.717, 1.165) is 22.4 Å². The summed E-state index contributed by atoms with van der Waals surface area (Å²) in [5, 5.41) is 10.1. The largest absolute Gasteiger partial charge is 0.497 e. The van der Waals surface area contributed by atoms with Gasteiger partial charge in [-0.05, 0) is 69.0 Å². The van der Waals surface area contributed by atoms with E-state index in [2.05, 4.69) is 9.97 Å². The Balaban J connectivity index is 1.44. The Labute approximate surface area is 214 Å². The highest BCUT2D eigenvalue weighted by Crippen LogP contribution is 2.38. The van der Waals surface area contributed by atoms with Crippen LogP contribution >= 0.6 is 0 Å². The van der Waals surface area contributed by atoms with Crippen molar-refractivity contribution >= 4 is 12.1 Å². The number of amides is 1. The van der Waals surface area contributed by atoms with Crippen LogP contribution in [0.25, 0.3) is 22.8 Å². The zero-order valence-corrected chi connectivity index (χ0v) is 21.4. The van der Waals surface area contributed by atoms with Gasteiger partial charge in [-0.1, -0.05) is 0 Å². The van der Waals surface area contributed by atoms with Crippen molar-refractivity contribution in [3.05, 3.63) is 52.8 Å². The molecule has 0 radical (unpaired) electrons. The van der Waals surface area contributed by atoms with E-state index in [9.17, 15) is 14.7 Å². The fourth-order valence-electron chi connectivity index (χ4n) is 5.02. The molecular formula is C27H31N5O5. The highest BCUT2D eigenvalue weighted by Gasteiger charge is 2.45. The molecule has 3 heterocycles. The number of aromatic amines is 1. The van der Waals surface area contributed by atoms with Gasteiger partial charge < -0.3 is 30.2 Å². The van der Waals surface area contributed by atoms with E-state index in [1.54, 1.807) is 13.3 Å². The van der Waals surface area contributed by atoms with Crippen molar-refractivity contribution in [2.24, 2.45) is 5.73 Å². The van der Waals surface area contributed by atoms with Crippen molar-refractivity contribution < 1.29 is 24.2 Å². The number of likely N-dealkylation sites (tertiary alicyclic amines) is 1. The molecule has 194 valence electrons. The molecule has 0 unspecified atom stereocenters. The number of methoxy groups -OCH3 is 1. The molecule has 1 aliphatic carbocycles. The van der Waals surface area contributed by atoms with Gasteiger partial charge in [-0.25, -0.2) is 19.6 Å². The second-order valence-corrected chi connectivity index (χ2v) is 10.8. The lowest BCUT2D eigenvalue weighted by molar-refractivity contribution is -0.00813. The highest BCUT2D eigenvalue weighted by molar-refractivity contribution is 5.94. The molecule has 5 rings (SSSR count). The van der Waals surface area contributed by atoms with Crippen LogP contribution in [-0.4, -0.2) is 68.4 Å². The summed E-state index contributed by atoms with van der Waals surface area (Å²) in [5.41, 5.74) is 9.91. The Hall–Kier alpha value is -3.92. The molecule has 1 aromatic carbocycles. The van der Waals surface area contributed by atoms with Gasteiger partial charge in [0.15, 0.2) is 5.82 Å².